The lowest BCUT2D eigenvalue weighted by molar-refractivity contribution is -0.0667. The predicted octanol–water partition coefficient (Wildman–Crippen LogP) is 15.9. The van der Waals surface area contributed by atoms with Crippen LogP contribution >= 0.6 is 0 Å². The molecular weight excluding hydrogens is 667 g/mol. The second-order valence-corrected chi connectivity index (χ2v) is 17.7. The Hall–Kier alpha value is -1.33. The lowest BCUT2D eigenvalue weighted by atomic mass is 10.0. The van der Waals surface area contributed by atoms with Gasteiger partial charge in [-0.3, -0.25) is 0 Å². The molecule has 0 aromatic carbocycles. The highest BCUT2D eigenvalue weighted by atomic mass is 16.6. The van der Waals surface area contributed by atoms with E-state index in [0.29, 0.717) is 19.8 Å². The molecule has 0 saturated heterocycles. The van der Waals surface area contributed by atoms with Crippen LogP contribution in [-0.4, -0.2) is 43.2 Å². The van der Waals surface area contributed by atoms with E-state index in [-0.39, 0.29) is 23.4 Å². The number of alkyl carbamates (subject to hydrolysis) is 1. The van der Waals surface area contributed by atoms with Crippen LogP contribution in [0, 0.1) is 0 Å². The average Bonchev–Trinajstić information content (AvgIpc) is 3.12. The number of carbonyl (C=O) groups is 1. The normalized spacial score (nSPS) is 13.0. The van der Waals surface area contributed by atoms with E-state index in [1.54, 1.807) is 0 Å². The summed E-state index contributed by atoms with van der Waals surface area (Å²) in [4.78, 5) is 12.8. The molecule has 1 N–H and O–H groups in total. The molecule has 0 rings (SSSR count). The van der Waals surface area contributed by atoms with Crippen molar-refractivity contribution < 1.29 is 19.0 Å². The summed E-state index contributed by atoms with van der Waals surface area (Å²) >= 11 is 0. The van der Waals surface area contributed by atoms with Gasteiger partial charge in [0.05, 0.1) is 11.2 Å². The summed E-state index contributed by atoms with van der Waals surface area (Å²) in [5, 5.41) is 3.00. The molecule has 0 spiro atoms. The van der Waals surface area contributed by atoms with Crippen LogP contribution < -0.4 is 5.32 Å². The van der Waals surface area contributed by atoms with Crippen molar-refractivity contribution in [3.63, 3.8) is 0 Å². The summed E-state index contributed by atoms with van der Waals surface area (Å²) in [6.45, 7) is 16.9. The van der Waals surface area contributed by atoms with E-state index in [4.69, 9.17) is 14.2 Å². The van der Waals surface area contributed by atoms with Crippen molar-refractivity contribution in [3.05, 3.63) is 24.3 Å². The predicted molar refractivity (Wildman–Crippen MR) is 237 cm³/mol. The highest BCUT2D eigenvalue weighted by Gasteiger charge is 2.20. The second-order valence-electron chi connectivity index (χ2n) is 17.7. The van der Waals surface area contributed by atoms with Gasteiger partial charge in [-0.1, -0.05) is 167 Å². The van der Waals surface area contributed by atoms with Crippen LogP contribution in [0.2, 0.25) is 0 Å². The minimum atomic E-state index is -0.267. The Labute approximate surface area is 338 Å². The zero-order chi connectivity index (χ0) is 39.9. The van der Waals surface area contributed by atoms with Crippen molar-refractivity contribution in [2.75, 3.05) is 19.8 Å². The number of nitrogens with one attached hydrogen (secondary N) is 1. The van der Waals surface area contributed by atoms with E-state index < -0.39 is 0 Å². The maximum Gasteiger partial charge on any atom is 0.407 e. The highest BCUT2D eigenvalue weighted by Crippen LogP contribution is 2.20. The minimum Gasteiger partial charge on any atom is -0.446 e. The third-order valence-electron chi connectivity index (χ3n) is 10.5. The standard InChI is InChI=1S/C49H95NO4/c1-8-10-12-14-16-18-20-22-24-26-28-30-32-34-36-38-41-46(40-37-35-33-31-29-27-25-23-21-19-17-15-13-11-9-2)54-47(51)50-43-39-44-53-49(6,7)42-45-52-48(3,4)5/h17,19,23,25,46H,8-16,18,20-22,24,26-45H2,1-7H3,(H,50,51)/b19-17-,25-23-. The molecule has 1 amide bonds. The van der Waals surface area contributed by atoms with Crippen LogP contribution in [0.5, 0.6) is 0 Å². The van der Waals surface area contributed by atoms with Gasteiger partial charge < -0.3 is 19.5 Å². The van der Waals surface area contributed by atoms with Gasteiger partial charge in [0.2, 0.25) is 0 Å². The lowest BCUT2D eigenvalue weighted by Crippen LogP contribution is -2.32. The van der Waals surface area contributed by atoms with E-state index in [9.17, 15) is 4.79 Å². The number of hydrogen-bond acceptors (Lipinski definition) is 4. The van der Waals surface area contributed by atoms with Gasteiger partial charge >= 0.3 is 6.09 Å². The van der Waals surface area contributed by atoms with Gasteiger partial charge in [0, 0.05) is 19.8 Å². The van der Waals surface area contributed by atoms with Crippen molar-refractivity contribution in [3.8, 4) is 0 Å². The Morgan fingerprint density at radius 2 is 0.944 bits per heavy atom. The average molecular weight is 762 g/mol. The van der Waals surface area contributed by atoms with E-state index in [0.717, 1.165) is 44.9 Å². The number of amides is 1. The summed E-state index contributed by atoms with van der Waals surface area (Å²) < 4.78 is 18.0. The van der Waals surface area contributed by atoms with Gasteiger partial charge in [-0.25, -0.2) is 4.79 Å². The molecule has 320 valence electrons. The third kappa shape index (κ3) is 41.8. The number of allylic oxidation sites excluding steroid dienone is 4. The minimum absolute atomic E-state index is 0.0209. The molecule has 0 aliphatic rings. The molecule has 5 heteroatoms. The number of unbranched alkanes of at least 4 members (excludes halogenated alkanes) is 23. The largest absolute Gasteiger partial charge is 0.446 e. The molecule has 54 heavy (non-hydrogen) atoms. The second kappa shape index (κ2) is 38.5. The van der Waals surface area contributed by atoms with Crippen LogP contribution in [0.4, 0.5) is 4.79 Å². The van der Waals surface area contributed by atoms with Gasteiger partial charge in [0.15, 0.2) is 0 Å². The number of carbonyl (C=O) groups excluding carboxylic acids is 1. The highest BCUT2D eigenvalue weighted by molar-refractivity contribution is 5.67. The number of ether oxygens (including phenoxy) is 3. The molecule has 5 nitrogen and oxygen atoms in total. The molecule has 0 fully saturated rings. The molecule has 1 atom stereocenters. The van der Waals surface area contributed by atoms with Gasteiger partial charge in [-0.05, 0) is 105 Å². The maximum absolute atomic E-state index is 12.8. The topological polar surface area (TPSA) is 56.8 Å². The van der Waals surface area contributed by atoms with Crippen LogP contribution in [0.15, 0.2) is 24.3 Å². The van der Waals surface area contributed by atoms with Crippen LogP contribution in [0.25, 0.3) is 0 Å². The fraction of sp³-hybridized carbons (Fsp3) is 0.898. The first kappa shape index (κ1) is 52.7. The number of hydrogen-bond donors (Lipinski definition) is 1. The van der Waals surface area contributed by atoms with Crippen LogP contribution in [0.1, 0.15) is 248 Å². The maximum atomic E-state index is 12.8. The Kier molecular flexibility index (Phi) is 37.6. The number of rotatable bonds is 40. The Balaban J connectivity index is 4.30. The van der Waals surface area contributed by atoms with Gasteiger partial charge in [0.1, 0.15) is 6.10 Å². The SMILES string of the molecule is CCCCC/C=C\C/C=C\CCCCCCCC(CCCCCCCCCCCCCCCCCC)OC(=O)NCCCOC(C)(C)CCOC(C)(C)C. The summed E-state index contributed by atoms with van der Waals surface area (Å²) in [7, 11) is 0. The van der Waals surface area contributed by atoms with Gasteiger partial charge in [-0.2, -0.15) is 0 Å². The first-order chi connectivity index (χ1) is 26.1. The zero-order valence-electron chi connectivity index (χ0n) is 37.6. The van der Waals surface area contributed by atoms with Crippen molar-refractivity contribution in [2.45, 2.75) is 265 Å². The van der Waals surface area contributed by atoms with Crippen molar-refractivity contribution >= 4 is 6.09 Å². The van der Waals surface area contributed by atoms with E-state index in [1.807, 2.05) is 0 Å². The molecular formula is C49H95NO4. The first-order valence-corrected chi connectivity index (χ1v) is 23.6. The summed E-state index contributed by atoms with van der Waals surface area (Å²) in [6, 6.07) is 0. The summed E-state index contributed by atoms with van der Waals surface area (Å²) in [5.41, 5.74) is -0.377. The fourth-order valence-corrected chi connectivity index (χ4v) is 6.85. The smallest absolute Gasteiger partial charge is 0.407 e. The Morgan fingerprint density at radius 1 is 0.519 bits per heavy atom. The quantitative estimate of drug-likeness (QED) is 0.0499. The van der Waals surface area contributed by atoms with Crippen molar-refractivity contribution in [1.29, 1.82) is 0 Å². The third-order valence-corrected chi connectivity index (χ3v) is 10.5. The zero-order valence-corrected chi connectivity index (χ0v) is 37.6. The summed E-state index contributed by atoms with van der Waals surface area (Å²) in [5.74, 6) is 0. The van der Waals surface area contributed by atoms with Crippen LogP contribution in [-0.2, 0) is 14.2 Å². The molecule has 0 aromatic heterocycles. The Bertz CT molecular complexity index is 845. The van der Waals surface area contributed by atoms with Gasteiger partial charge in [-0.15, -0.1) is 0 Å². The van der Waals surface area contributed by atoms with Gasteiger partial charge in [0.25, 0.3) is 0 Å². The molecule has 0 bridgehead atoms. The van der Waals surface area contributed by atoms with Crippen molar-refractivity contribution in [1.82, 2.24) is 5.32 Å². The first-order valence-electron chi connectivity index (χ1n) is 23.6. The van der Waals surface area contributed by atoms with Crippen molar-refractivity contribution in [2.24, 2.45) is 0 Å². The van der Waals surface area contributed by atoms with E-state index in [2.05, 4.69) is 78.1 Å². The fourth-order valence-electron chi connectivity index (χ4n) is 6.85. The molecule has 0 aliphatic heterocycles. The monoisotopic (exact) mass is 762 g/mol. The van der Waals surface area contributed by atoms with E-state index in [1.165, 1.54) is 154 Å². The molecule has 1 unspecified atom stereocenters. The Morgan fingerprint density at radius 3 is 1.43 bits per heavy atom. The van der Waals surface area contributed by atoms with E-state index >= 15 is 0 Å². The lowest BCUT2D eigenvalue weighted by Gasteiger charge is -2.28. The molecule has 0 radical (unpaired) electrons. The molecule has 0 saturated carbocycles. The molecule has 0 aliphatic carbocycles. The van der Waals surface area contributed by atoms with Crippen LogP contribution in [0.3, 0.4) is 0 Å². The summed E-state index contributed by atoms with van der Waals surface area (Å²) in [6.07, 6.45) is 48.3. The molecule has 0 aromatic rings. The molecule has 0 heterocycles.